The number of benzene rings is 1. The molecule has 0 heterocycles. The van der Waals surface area contributed by atoms with Crippen molar-refractivity contribution in [2.24, 2.45) is 5.92 Å². The highest BCUT2D eigenvalue weighted by Crippen LogP contribution is 2.29. The van der Waals surface area contributed by atoms with Crippen LogP contribution in [0.1, 0.15) is 32.1 Å². The van der Waals surface area contributed by atoms with Crippen LogP contribution in [-0.4, -0.2) is 15.0 Å². The van der Waals surface area contributed by atoms with Crippen molar-refractivity contribution >= 4 is 19.7 Å². The maximum absolute atomic E-state index is 13.7. The number of halogens is 3. The van der Waals surface area contributed by atoms with Gasteiger partial charge in [0.2, 0.25) is 0 Å². The molecule has 3 nitrogen and oxygen atoms in total. The summed E-state index contributed by atoms with van der Waals surface area (Å²) in [7, 11) is 0.888. The third-order valence-electron chi connectivity index (χ3n) is 3.44. The van der Waals surface area contributed by atoms with Crippen molar-refractivity contribution in [3.63, 3.8) is 0 Å². The van der Waals surface area contributed by atoms with E-state index in [0.717, 1.165) is 25.7 Å². The van der Waals surface area contributed by atoms with E-state index < -0.39 is 31.3 Å². The van der Waals surface area contributed by atoms with Crippen molar-refractivity contribution in [2.75, 3.05) is 6.61 Å². The Balaban J connectivity index is 2.12. The Morgan fingerprint density at radius 1 is 1.15 bits per heavy atom. The van der Waals surface area contributed by atoms with Gasteiger partial charge in [-0.05, 0) is 30.9 Å². The van der Waals surface area contributed by atoms with Gasteiger partial charge in [-0.1, -0.05) is 19.3 Å². The summed E-state index contributed by atoms with van der Waals surface area (Å²) in [6, 6.07) is 1.34. The summed E-state index contributed by atoms with van der Waals surface area (Å²) < 4.78 is 54.7. The van der Waals surface area contributed by atoms with Crippen molar-refractivity contribution in [1.29, 1.82) is 0 Å². The van der Waals surface area contributed by atoms with Crippen LogP contribution in [0.15, 0.2) is 17.0 Å². The van der Waals surface area contributed by atoms with Crippen molar-refractivity contribution in [3.05, 3.63) is 23.8 Å². The maximum Gasteiger partial charge on any atom is 0.261 e. The lowest BCUT2D eigenvalue weighted by Gasteiger charge is -2.21. The highest BCUT2D eigenvalue weighted by Gasteiger charge is 2.21. The van der Waals surface area contributed by atoms with Gasteiger partial charge in [0.05, 0.1) is 11.5 Å². The lowest BCUT2D eigenvalue weighted by atomic mass is 9.90. The lowest BCUT2D eigenvalue weighted by Crippen LogP contribution is -2.16. The largest absolute Gasteiger partial charge is 0.487 e. The van der Waals surface area contributed by atoms with Crippen LogP contribution in [0.25, 0.3) is 0 Å². The predicted molar refractivity (Wildman–Crippen MR) is 71.5 cm³/mol. The molecule has 0 atom stereocenters. The molecule has 0 N–H and O–H groups in total. The van der Waals surface area contributed by atoms with Crippen LogP contribution in [0.5, 0.6) is 5.75 Å². The van der Waals surface area contributed by atoms with E-state index in [-0.39, 0.29) is 6.61 Å². The fourth-order valence-electron chi connectivity index (χ4n) is 2.37. The smallest absolute Gasteiger partial charge is 0.261 e. The second kappa shape index (κ2) is 6.26. The van der Waals surface area contributed by atoms with Crippen LogP contribution in [0, 0.1) is 17.6 Å². The van der Waals surface area contributed by atoms with E-state index in [4.69, 9.17) is 15.4 Å². The Morgan fingerprint density at radius 3 is 2.20 bits per heavy atom. The van der Waals surface area contributed by atoms with Gasteiger partial charge >= 0.3 is 0 Å². The van der Waals surface area contributed by atoms with Crippen LogP contribution in [0.4, 0.5) is 8.78 Å². The maximum atomic E-state index is 13.7. The average Bonchev–Trinajstić information content (AvgIpc) is 2.37. The summed E-state index contributed by atoms with van der Waals surface area (Å²) in [5.74, 6) is -2.36. The Morgan fingerprint density at radius 2 is 1.70 bits per heavy atom. The van der Waals surface area contributed by atoms with Crippen molar-refractivity contribution in [3.8, 4) is 5.75 Å². The first-order valence-corrected chi connectivity index (χ1v) is 8.75. The van der Waals surface area contributed by atoms with Gasteiger partial charge in [0.1, 0.15) is 0 Å². The summed E-state index contributed by atoms with van der Waals surface area (Å²) in [6.45, 7) is 0.237. The fourth-order valence-corrected chi connectivity index (χ4v) is 3.13. The summed E-state index contributed by atoms with van der Waals surface area (Å²) in [4.78, 5) is -0.612. The zero-order valence-corrected chi connectivity index (χ0v) is 12.3. The third-order valence-corrected chi connectivity index (χ3v) is 4.77. The molecule has 0 unspecified atom stereocenters. The molecule has 0 aromatic heterocycles. The predicted octanol–water partition coefficient (Wildman–Crippen LogP) is 3.85. The van der Waals surface area contributed by atoms with Crippen LogP contribution in [0.2, 0.25) is 0 Å². The van der Waals surface area contributed by atoms with Crippen LogP contribution < -0.4 is 4.74 Å². The highest BCUT2D eigenvalue weighted by molar-refractivity contribution is 8.13. The summed E-state index contributed by atoms with van der Waals surface area (Å²) in [5.41, 5.74) is 0. The number of hydrogen-bond donors (Lipinski definition) is 0. The van der Waals surface area contributed by atoms with E-state index in [1.807, 2.05) is 0 Å². The van der Waals surface area contributed by atoms with Gasteiger partial charge in [0.15, 0.2) is 17.4 Å². The minimum absolute atomic E-state index is 0.237. The van der Waals surface area contributed by atoms with Crippen molar-refractivity contribution < 1.29 is 21.9 Å². The molecule has 1 aromatic rings. The molecule has 1 fully saturated rings. The van der Waals surface area contributed by atoms with Gasteiger partial charge in [-0.15, -0.1) is 0 Å². The standard InChI is InChI=1S/C13H15ClF2O3S/c14-20(17,18)10-6-11(15)13(12(16)7-10)19-8-9-4-2-1-3-5-9/h6-7,9H,1-5,8H2. The number of rotatable bonds is 4. The topological polar surface area (TPSA) is 43.4 Å². The third kappa shape index (κ3) is 3.82. The van der Waals surface area contributed by atoms with E-state index in [9.17, 15) is 17.2 Å². The molecule has 7 heteroatoms. The van der Waals surface area contributed by atoms with Gasteiger partial charge in [-0.2, -0.15) is 0 Å². The Bertz CT molecular complexity index is 560. The van der Waals surface area contributed by atoms with E-state index >= 15 is 0 Å². The van der Waals surface area contributed by atoms with E-state index in [2.05, 4.69) is 0 Å². The molecule has 0 bridgehead atoms. The van der Waals surface area contributed by atoms with Crippen molar-refractivity contribution in [2.45, 2.75) is 37.0 Å². The van der Waals surface area contributed by atoms with Gasteiger partial charge in [-0.25, -0.2) is 17.2 Å². The van der Waals surface area contributed by atoms with Gasteiger partial charge < -0.3 is 4.74 Å². The average molecular weight is 325 g/mol. The molecule has 2 rings (SSSR count). The summed E-state index contributed by atoms with van der Waals surface area (Å²) in [6.07, 6.45) is 5.35. The first-order chi connectivity index (χ1) is 9.38. The zero-order valence-electron chi connectivity index (χ0n) is 10.7. The SMILES string of the molecule is O=S(=O)(Cl)c1cc(F)c(OCC2CCCCC2)c(F)c1. The molecule has 0 aliphatic heterocycles. The highest BCUT2D eigenvalue weighted by atomic mass is 35.7. The molecule has 0 radical (unpaired) electrons. The second-order valence-electron chi connectivity index (χ2n) is 4.97. The quantitative estimate of drug-likeness (QED) is 0.790. The van der Waals surface area contributed by atoms with Crippen LogP contribution in [0.3, 0.4) is 0 Å². The molecule has 1 aromatic carbocycles. The Hall–Kier alpha value is -0.880. The van der Waals surface area contributed by atoms with E-state index in [0.29, 0.717) is 18.1 Å². The fraction of sp³-hybridized carbons (Fsp3) is 0.538. The Labute approximate surface area is 121 Å². The lowest BCUT2D eigenvalue weighted by molar-refractivity contribution is 0.195. The molecule has 1 aliphatic rings. The van der Waals surface area contributed by atoms with Gasteiger partial charge in [0.25, 0.3) is 9.05 Å². The van der Waals surface area contributed by atoms with Crippen molar-refractivity contribution in [1.82, 2.24) is 0 Å². The normalized spacial score (nSPS) is 17.1. The van der Waals surface area contributed by atoms with Crippen LogP contribution >= 0.6 is 10.7 Å². The minimum atomic E-state index is -4.16. The van der Waals surface area contributed by atoms with Gasteiger partial charge in [-0.3, -0.25) is 0 Å². The first kappa shape index (κ1) is 15.5. The molecule has 1 saturated carbocycles. The van der Waals surface area contributed by atoms with Gasteiger partial charge in [0, 0.05) is 10.7 Å². The Kier molecular flexibility index (Phi) is 4.86. The molecule has 20 heavy (non-hydrogen) atoms. The minimum Gasteiger partial charge on any atom is -0.487 e. The summed E-state index contributed by atoms with van der Waals surface area (Å²) in [5, 5.41) is 0. The first-order valence-electron chi connectivity index (χ1n) is 6.44. The number of ether oxygens (including phenoxy) is 1. The van der Waals surface area contributed by atoms with Crippen LogP contribution in [-0.2, 0) is 9.05 Å². The molecular formula is C13H15ClF2O3S. The second-order valence-corrected chi connectivity index (χ2v) is 7.53. The zero-order chi connectivity index (χ0) is 14.8. The molecule has 112 valence electrons. The molecule has 0 saturated heterocycles. The molecule has 0 spiro atoms. The number of hydrogen-bond acceptors (Lipinski definition) is 3. The monoisotopic (exact) mass is 324 g/mol. The summed E-state index contributed by atoms with van der Waals surface area (Å²) >= 11 is 0. The molecule has 1 aliphatic carbocycles. The van der Waals surface area contributed by atoms with E-state index in [1.54, 1.807) is 0 Å². The van der Waals surface area contributed by atoms with E-state index in [1.165, 1.54) is 6.42 Å². The molecular weight excluding hydrogens is 310 g/mol. The molecule has 0 amide bonds.